The predicted molar refractivity (Wildman–Crippen MR) is 107 cm³/mol. The Bertz CT molecular complexity index is 1180. The second-order valence-electron chi connectivity index (χ2n) is 6.01. The number of benzene rings is 2. The molecule has 0 radical (unpaired) electrons. The minimum Gasteiger partial charge on any atom is -0.496 e. The predicted octanol–water partition coefficient (Wildman–Crippen LogP) is 3.28. The summed E-state index contributed by atoms with van der Waals surface area (Å²) in [6, 6.07) is 14.5. The smallest absolute Gasteiger partial charge is 0.297 e. The van der Waals surface area contributed by atoms with Gasteiger partial charge in [0.15, 0.2) is 5.82 Å². The van der Waals surface area contributed by atoms with E-state index in [1.165, 1.54) is 4.68 Å². The van der Waals surface area contributed by atoms with Crippen molar-refractivity contribution in [1.82, 2.24) is 29.9 Å². The molecule has 0 saturated carbocycles. The summed E-state index contributed by atoms with van der Waals surface area (Å²) in [6.45, 7) is 1.74. The van der Waals surface area contributed by atoms with Gasteiger partial charge in [-0.05, 0) is 31.2 Å². The van der Waals surface area contributed by atoms with Gasteiger partial charge in [0, 0.05) is 0 Å². The highest BCUT2D eigenvalue weighted by molar-refractivity contribution is 6.32. The molecule has 0 bridgehead atoms. The van der Waals surface area contributed by atoms with Gasteiger partial charge in [-0.15, -0.1) is 10.2 Å². The molecule has 0 atom stereocenters. The Hall–Kier alpha value is -3.72. The fourth-order valence-electron chi connectivity index (χ4n) is 2.77. The number of hydrogen-bond acceptors (Lipinski definition) is 6. The molecule has 4 rings (SSSR count). The van der Waals surface area contributed by atoms with Crippen molar-refractivity contribution in [2.75, 3.05) is 12.4 Å². The van der Waals surface area contributed by atoms with Crippen LogP contribution in [0.4, 0.5) is 5.95 Å². The molecule has 146 valence electrons. The number of aromatic nitrogens is 6. The van der Waals surface area contributed by atoms with Gasteiger partial charge >= 0.3 is 0 Å². The van der Waals surface area contributed by atoms with Crippen molar-refractivity contribution < 1.29 is 9.53 Å². The van der Waals surface area contributed by atoms with Crippen LogP contribution in [0.1, 0.15) is 16.4 Å². The second-order valence-corrected chi connectivity index (χ2v) is 6.42. The fraction of sp³-hybridized carbons (Fsp3) is 0.105. The Morgan fingerprint density at radius 3 is 2.69 bits per heavy atom. The first-order valence-corrected chi connectivity index (χ1v) is 9.00. The van der Waals surface area contributed by atoms with Crippen molar-refractivity contribution in [1.29, 1.82) is 0 Å². The van der Waals surface area contributed by atoms with E-state index in [0.29, 0.717) is 28.1 Å². The third-order valence-corrected chi connectivity index (χ3v) is 4.45. The molecule has 4 aromatic rings. The molecule has 2 aromatic heterocycles. The van der Waals surface area contributed by atoms with Gasteiger partial charge in [0.1, 0.15) is 11.6 Å². The summed E-state index contributed by atoms with van der Waals surface area (Å²) >= 11 is 6.21. The van der Waals surface area contributed by atoms with Gasteiger partial charge in [-0.2, -0.15) is 4.98 Å². The number of para-hydroxylation sites is 2. The van der Waals surface area contributed by atoms with Crippen LogP contribution in [0, 0.1) is 6.92 Å². The molecule has 9 nitrogen and oxygen atoms in total. The fourth-order valence-corrected chi connectivity index (χ4v) is 2.99. The van der Waals surface area contributed by atoms with Gasteiger partial charge in [-0.1, -0.05) is 35.9 Å². The number of hydrogen-bond donors (Lipinski definition) is 2. The largest absolute Gasteiger partial charge is 0.496 e. The maximum atomic E-state index is 12.6. The molecular formula is C19H16ClN7O2. The monoisotopic (exact) mass is 409 g/mol. The lowest BCUT2D eigenvalue weighted by Gasteiger charge is -2.04. The summed E-state index contributed by atoms with van der Waals surface area (Å²) in [5.41, 5.74) is 1.36. The van der Waals surface area contributed by atoms with Crippen LogP contribution in [-0.4, -0.2) is 43.0 Å². The normalized spacial score (nSPS) is 10.7. The van der Waals surface area contributed by atoms with Crippen molar-refractivity contribution >= 4 is 23.5 Å². The SMILES string of the molecule is COc1ccccc1-c1nc(NC(=O)c2nc(C)n(-c3ccccc3Cl)n2)n[nH]1. The van der Waals surface area contributed by atoms with Crippen molar-refractivity contribution in [3.8, 4) is 22.8 Å². The van der Waals surface area contributed by atoms with Crippen molar-refractivity contribution in [3.05, 3.63) is 65.2 Å². The minimum atomic E-state index is -0.538. The van der Waals surface area contributed by atoms with Crippen LogP contribution in [0.3, 0.4) is 0 Å². The third kappa shape index (κ3) is 3.67. The molecule has 0 aliphatic carbocycles. The van der Waals surface area contributed by atoms with Gasteiger partial charge in [0.2, 0.25) is 11.8 Å². The first-order valence-electron chi connectivity index (χ1n) is 8.62. The highest BCUT2D eigenvalue weighted by atomic mass is 35.5. The molecule has 10 heteroatoms. The summed E-state index contributed by atoms with van der Waals surface area (Å²) in [4.78, 5) is 21.1. The summed E-state index contributed by atoms with van der Waals surface area (Å²) < 4.78 is 6.83. The van der Waals surface area contributed by atoms with Crippen LogP contribution >= 0.6 is 11.6 Å². The van der Waals surface area contributed by atoms with E-state index in [1.54, 1.807) is 26.2 Å². The van der Waals surface area contributed by atoms with E-state index in [9.17, 15) is 4.79 Å². The standard InChI is InChI=1S/C19H16ClN7O2/c1-11-21-17(26-27(11)14-9-5-4-8-13(14)20)18(28)23-19-22-16(24-25-19)12-7-3-6-10-15(12)29-2/h3-10H,1-2H3,(H2,22,23,24,25,28). The molecule has 0 fully saturated rings. The lowest BCUT2D eigenvalue weighted by molar-refractivity contribution is 0.101. The zero-order valence-electron chi connectivity index (χ0n) is 15.5. The van der Waals surface area contributed by atoms with Crippen molar-refractivity contribution in [3.63, 3.8) is 0 Å². The highest BCUT2D eigenvalue weighted by Crippen LogP contribution is 2.27. The molecule has 2 aromatic carbocycles. The number of rotatable bonds is 5. The number of methoxy groups -OCH3 is 1. The molecule has 0 saturated heterocycles. The topological polar surface area (TPSA) is 111 Å². The van der Waals surface area contributed by atoms with E-state index >= 15 is 0 Å². The van der Waals surface area contributed by atoms with E-state index in [4.69, 9.17) is 16.3 Å². The number of carbonyl (C=O) groups excluding carboxylic acids is 1. The van der Waals surface area contributed by atoms with E-state index < -0.39 is 5.91 Å². The van der Waals surface area contributed by atoms with E-state index in [1.807, 2.05) is 36.4 Å². The number of H-pyrrole nitrogens is 1. The van der Waals surface area contributed by atoms with Crippen LogP contribution < -0.4 is 10.1 Å². The number of halogens is 1. The summed E-state index contributed by atoms with van der Waals surface area (Å²) in [5, 5.41) is 14.2. The van der Waals surface area contributed by atoms with E-state index in [-0.39, 0.29) is 11.8 Å². The molecule has 0 aliphatic rings. The van der Waals surface area contributed by atoms with Gasteiger partial charge in [0.25, 0.3) is 5.91 Å². The van der Waals surface area contributed by atoms with Crippen LogP contribution in [0.15, 0.2) is 48.5 Å². The van der Waals surface area contributed by atoms with Crippen LogP contribution in [0.25, 0.3) is 17.1 Å². The summed E-state index contributed by atoms with van der Waals surface area (Å²) in [6.07, 6.45) is 0. The lowest BCUT2D eigenvalue weighted by Crippen LogP contribution is -2.15. The number of aromatic amines is 1. The minimum absolute atomic E-state index is 0.0222. The van der Waals surface area contributed by atoms with Gasteiger partial charge in [0.05, 0.1) is 23.4 Å². The molecule has 2 N–H and O–H groups in total. The second kappa shape index (κ2) is 7.72. The first kappa shape index (κ1) is 18.6. The molecule has 29 heavy (non-hydrogen) atoms. The van der Waals surface area contributed by atoms with Crippen molar-refractivity contribution in [2.24, 2.45) is 0 Å². The number of anilines is 1. The number of carbonyl (C=O) groups is 1. The number of aryl methyl sites for hydroxylation is 1. The summed E-state index contributed by atoms with van der Waals surface area (Å²) in [5.74, 6) is 1.16. The third-order valence-electron chi connectivity index (χ3n) is 4.13. The zero-order valence-corrected chi connectivity index (χ0v) is 16.3. The molecule has 1 amide bonds. The Balaban J connectivity index is 1.56. The number of amides is 1. The van der Waals surface area contributed by atoms with Crippen molar-refractivity contribution in [2.45, 2.75) is 6.92 Å². The average molecular weight is 410 g/mol. The quantitative estimate of drug-likeness (QED) is 0.523. The number of nitrogens with one attached hydrogen (secondary N) is 2. The molecule has 0 aliphatic heterocycles. The molecule has 0 spiro atoms. The maximum absolute atomic E-state index is 12.6. The number of ether oxygens (including phenoxy) is 1. The van der Waals surface area contributed by atoms with E-state index in [2.05, 4.69) is 30.6 Å². The van der Waals surface area contributed by atoms with Gasteiger partial charge < -0.3 is 4.74 Å². The first-order chi connectivity index (χ1) is 14.1. The zero-order chi connectivity index (χ0) is 20.4. The van der Waals surface area contributed by atoms with Crippen LogP contribution in [0.5, 0.6) is 5.75 Å². The van der Waals surface area contributed by atoms with Gasteiger partial charge in [-0.3, -0.25) is 15.2 Å². The lowest BCUT2D eigenvalue weighted by atomic mass is 10.2. The Kier molecular flexibility index (Phi) is 4.96. The summed E-state index contributed by atoms with van der Waals surface area (Å²) in [7, 11) is 1.57. The highest BCUT2D eigenvalue weighted by Gasteiger charge is 2.19. The number of nitrogens with zero attached hydrogens (tertiary/aromatic N) is 5. The average Bonchev–Trinajstić information content (AvgIpc) is 3.35. The Labute approximate surface area is 170 Å². The van der Waals surface area contributed by atoms with E-state index in [0.717, 1.165) is 5.56 Å². The van der Waals surface area contributed by atoms with Crippen LogP contribution in [0.2, 0.25) is 5.02 Å². The van der Waals surface area contributed by atoms with Gasteiger partial charge in [-0.25, -0.2) is 9.67 Å². The molecular weight excluding hydrogens is 394 g/mol. The Morgan fingerprint density at radius 2 is 1.90 bits per heavy atom. The Morgan fingerprint density at radius 1 is 1.14 bits per heavy atom. The maximum Gasteiger partial charge on any atom is 0.297 e. The molecule has 2 heterocycles. The van der Waals surface area contributed by atoms with Crippen LogP contribution in [-0.2, 0) is 0 Å². The molecule has 0 unspecified atom stereocenters.